The molecule has 1 atom stereocenters. The van der Waals surface area contributed by atoms with E-state index in [4.69, 9.17) is 0 Å². The summed E-state index contributed by atoms with van der Waals surface area (Å²) in [4.78, 5) is 0. The molecule has 0 radical (unpaired) electrons. The van der Waals surface area contributed by atoms with Crippen LogP contribution in [-0.2, 0) is 12.8 Å². The first-order valence-electron chi connectivity index (χ1n) is 6.17. The summed E-state index contributed by atoms with van der Waals surface area (Å²) in [6.45, 7) is 4.46. The van der Waals surface area contributed by atoms with E-state index >= 15 is 0 Å². The van der Waals surface area contributed by atoms with E-state index in [2.05, 4.69) is 44.2 Å². The molecule has 0 saturated carbocycles. The molecular weight excluding hydrogens is 194 g/mol. The average molecular weight is 213 g/mol. The normalized spacial score (nSPS) is 18.8. The SMILES string of the molecule is CCC(C)CC1(C#N)Cc2ccccc2C1. The van der Waals surface area contributed by atoms with Crippen LogP contribution in [0.5, 0.6) is 0 Å². The van der Waals surface area contributed by atoms with Gasteiger partial charge in [-0.2, -0.15) is 5.26 Å². The van der Waals surface area contributed by atoms with Gasteiger partial charge in [0.1, 0.15) is 0 Å². The minimum absolute atomic E-state index is 0.126. The van der Waals surface area contributed by atoms with Gasteiger partial charge in [0, 0.05) is 0 Å². The van der Waals surface area contributed by atoms with Crippen molar-refractivity contribution >= 4 is 0 Å². The molecule has 2 rings (SSSR count). The number of benzene rings is 1. The molecule has 0 bridgehead atoms. The van der Waals surface area contributed by atoms with Crippen molar-refractivity contribution in [2.24, 2.45) is 11.3 Å². The molecule has 0 fully saturated rings. The van der Waals surface area contributed by atoms with E-state index in [1.54, 1.807) is 0 Å². The van der Waals surface area contributed by atoms with Crippen molar-refractivity contribution in [2.45, 2.75) is 39.5 Å². The van der Waals surface area contributed by atoms with Crippen molar-refractivity contribution in [2.75, 3.05) is 0 Å². The van der Waals surface area contributed by atoms with Gasteiger partial charge in [-0.3, -0.25) is 0 Å². The Morgan fingerprint density at radius 2 is 1.88 bits per heavy atom. The number of nitriles is 1. The second-order valence-electron chi connectivity index (χ2n) is 5.23. The number of hydrogen-bond donors (Lipinski definition) is 0. The first-order valence-corrected chi connectivity index (χ1v) is 6.17. The Bertz CT molecular complexity index is 389. The predicted octanol–water partition coefficient (Wildman–Crippen LogP) is 3.73. The summed E-state index contributed by atoms with van der Waals surface area (Å²) in [5.74, 6) is 0.647. The summed E-state index contributed by atoms with van der Waals surface area (Å²) >= 11 is 0. The fraction of sp³-hybridized carbons (Fsp3) is 0.533. The lowest BCUT2D eigenvalue weighted by molar-refractivity contribution is 0.310. The number of rotatable bonds is 3. The Labute approximate surface area is 98.1 Å². The maximum Gasteiger partial charge on any atom is 0.0696 e. The number of nitrogens with zero attached hydrogens (tertiary/aromatic N) is 1. The molecule has 0 N–H and O–H groups in total. The highest BCUT2D eigenvalue weighted by molar-refractivity contribution is 5.37. The molecule has 0 amide bonds. The van der Waals surface area contributed by atoms with Crippen LogP contribution < -0.4 is 0 Å². The van der Waals surface area contributed by atoms with E-state index in [0.29, 0.717) is 5.92 Å². The van der Waals surface area contributed by atoms with Crippen molar-refractivity contribution in [3.8, 4) is 6.07 Å². The molecule has 0 spiro atoms. The zero-order chi connectivity index (χ0) is 11.6. The molecular formula is C15H19N. The van der Waals surface area contributed by atoms with Gasteiger partial charge in [0.2, 0.25) is 0 Å². The average Bonchev–Trinajstić information content (AvgIpc) is 2.67. The first-order chi connectivity index (χ1) is 7.69. The van der Waals surface area contributed by atoms with Crippen molar-refractivity contribution in [3.63, 3.8) is 0 Å². The van der Waals surface area contributed by atoms with Crippen LogP contribution >= 0.6 is 0 Å². The van der Waals surface area contributed by atoms with Crippen molar-refractivity contribution in [1.29, 1.82) is 5.26 Å². The highest BCUT2D eigenvalue weighted by Crippen LogP contribution is 2.41. The molecule has 1 heteroatoms. The van der Waals surface area contributed by atoms with E-state index in [1.165, 1.54) is 17.5 Å². The van der Waals surface area contributed by atoms with Crippen LogP contribution in [0.1, 0.15) is 37.8 Å². The maximum absolute atomic E-state index is 9.48. The highest BCUT2D eigenvalue weighted by Gasteiger charge is 2.37. The van der Waals surface area contributed by atoms with Gasteiger partial charge in [0.05, 0.1) is 11.5 Å². The van der Waals surface area contributed by atoms with E-state index in [0.717, 1.165) is 19.3 Å². The zero-order valence-corrected chi connectivity index (χ0v) is 10.2. The molecule has 1 aliphatic carbocycles. The van der Waals surface area contributed by atoms with Gasteiger partial charge in [0.25, 0.3) is 0 Å². The zero-order valence-electron chi connectivity index (χ0n) is 10.2. The Morgan fingerprint density at radius 3 is 2.31 bits per heavy atom. The number of fused-ring (bicyclic) bond motifs is 1. The summed E-state index contributed by atoms with van der Waals surface area (Å²) in [6, 6.07) is 11.1. The molecule has 1 nitrogen and oxygen atoms in total. The van der Waals surface area contributed by atoms with Crippen LogP contribution in [0.25, 0.3) is 0 Å². The van der Waals surface area contributed by atoms with Crippen molar-refractivity contribution in [3.05, 3.63) is 35.4 Å². The summed E-state index contributed by atoms with van der Waals surface area (Å²) in [7, 11) is 0. The monoisotopic (exact) mass is 213 g/mol. The minimum atomic E-state index is -0.126. The third-order valence-corrected chi connectivity index (χ3v) is 3.85. The predicted molar refractivity (Wildman–Crippen MR) is 66.0 cm³/mol. The van der Waals surface area contributed by atoms with Crippen LogP contribution in [-0.4, -0.2) is 0 Å². The number of hydrogen-bond acceptors (Lipinski definition) is 1. The van der Waals surface area contributed by atoms with Crippen LogP contribution in [0.3, 0.4) is 0 Å². The lowest BCUT2D eigenvalue weighted by atomic mass is 9.78. The molecule has 0 heterocycles. The van der Waals surface area contributed by atoms with E-state index in [1.807, 2.05) is 0 Å². The van der Waals surface area contributed by atoms with E-state index in [9.17, 15) is 5.26 Å². The van der Waals surface area contributed by atoms with Gasteiger partial charge in [-0.15, -0.1) is 0 Å². The summed E-state index contributed by atoms with van der Waals surface area (Å²) in [5, 5.41) is 9.48. The second kappa shape index (κ2) is 4.29. The first kappa shape index (κ1) is 11.2. The Hall–Kier alpha value is -1.29. The maximum atomic E-state index is 9.48. The Morgan fingerprint density at radius 1 is 1.31 bits per heavy atom. The van der Waals surface area contributed by atoms with Crippen LogP contribution in [0.4, 0.5) is 0 Å². The third kappa shape index (κ3) is 1.97. The summed E-state index contributed by atoms with van der Waals surface area (Å²) < 4.78 is 0. The van der Waals surface area contributed by atoms with Gasteiger partial charge in [-0.1, -0.05) is 44.5 Å². The Balaban J connectivity index is 2.20. The molecule has 1 aromatic rings. The van der Waals surface area contributed by atoms with Gasteiger partial charge in [-0.25, -0.2) is 0 Å². The van der Waals surface area contributed by atoms with Gasteiger partial charge in [0.15, 0.2) is 0 Å². The lowest BCUT2D eigenvalue weighted by Crippen LogP contribution is -2.22. The van der Waals surface area contributed by atoms with Crippen molar-refractivity contribution < 1.29 is 0 Å². The van der Waals surface area contributed by atoms with Crippen LogP contribution in [0.2, 0.25) is 0 Å². The highest BCUT2D eigenvalue weighted by atomic mass is 14.4. The summed E-state index contributed by atoms with van der Waals surface area (Å²) in [5.41, 5.74) is 2.64. The second-order valence-corrected chi connectivity index (χ2v) is 5.23. The van der Waals surface area contributed by atoms with E-state index in [-0.39, 0.29) is 5.41 Å². The quantitative estimate of drug-likeness (QED) is 0.750. The standard InChI is InChI=1S/C15H19N/c1-3-12(2)8-15(11-16)9-13-6-4-5-7-14(13)10-15/h4-7,12H,3,8-10H2,1-2H3. The van der Waals surface area contributed by atoms with Gasteiger partial charge in [-0.05, 0) is 36.3 Å². The van der Waals surface area contributed by atoms with Crippen molar-refractivity contribution in [1.82, 2.24) is 0 Å². The molecule has 1 aliphatic rings. The largest absolute Gasteiger partial charge is 0.198 e. The summed E-state index contributed by atoms with van der Waals surface area (Å²) in [6.07, 6.45) is 4.10. The van der Waals surface area contributed by atoms with Crippen LogP contribution in [0.15, 0.2) is 24.3 Å². The minimum Gasteiger partial charge on any atom is -0.198 e. The fourth-order valence-corrected chi connectivity index (χ4v) is 2.77. The smallest absolute Gasteiger partial charge is 0.0696 e. The third-order valence-electron chi connectivity index (χ3n) is 3.85. The fourth-order valence-electron chi connectivity index (χ4n) is 2.77. The molecule has 0 aliphatic heterocycles. The molecule has 84 valence electrons. The van der Waals surface area contributed by atoms with Gasteiger partial charge < -0.3 is 0 Å². The van der Waals surface area contributed by atoms with Crippen LogP contribution in [0, 0.1) is 22.7 Å². The van der Waals surface area contributed by atoms with Gasteiger partial charge >= 0.3 is 0 Å². The molecule has 0 saturated heterocycles. The Kier molecular flexibility index (Phi) is 3.01. The molecule has 1 unspecified atom stereocenters. The topological polar surface area (TPSA) is 23.8 Å². The van der Waals surface area contributed by atoms with E-state index < -0.39 is 0 Å². The molecule has 1 aromatic carbocycles. The molecule has 0 aromatic heterocycles. The lowest BCUT2D eigenvalue weighted by Gasteiger charge is -2.23. The molecule has 16 heavy (non-hydrogen) atoms.